The standard InChI is InChI=1S/C18H25N3O2/c1-13(2)11-15-12-17(21(3)20-15)18(23)19-16(9-10-22)14-7-5-4-6-8-14/h4-8,12-13,16,22H,9-11H2,1-3H3,(H,19,23)/t16-/m0/s1. The average molecular weight is 315 g/mol. The summed E-state index contributed by atoms with van der Waals surface area (Å²) in [5.74, 6) is 0.324. The average Bonchev–Trinajstić information content (AvgIpc) is 2.87. The van der Waals surface area contributed by atoms with E-state index in [0.717, 1.165) is 17.7 Å². The van der Waals surface area contributed by atoms with Crippen LogP contribution in [0.15, 0.2) is 36.4 Å². The van der Waals surface area contributed by atoms with Crippen molar-refractivity contribution < 1.29 is 9.90 Å². The topological polar surface area (TPSA) is 67.2 Å². The number of benzene rings is 1. The molecule has 0 aliphatic heterocycles. The van der Waals surface area contributed by atoms with E-state index in [1.807, 2.05) is 36.4 Å². The van der Waals surface area contributed by atoms with E-state index in [4.69, 9.17) is 0 Å². The third-order valence-corrected chi connectivity index (χ3v) is 3.71. The summed E-state index contributed by atoms with van der Waals surface area (Å²) in [6.07, 6.45) is 1.33. The van der Waals surface area contributed by atoms with Gasteiger partial charge in [-0.15, -0.1) is 0 Å². The fourth-order valence-corrected chi connectivity index (χ4v) is 2.63. The van der Waals surface area contributed by atoms with Crippen LogP contribution >= 0.6 is 0 Å². The number of nitrogens with one attached hydrogen (secondary N) is 1. The third-order valence-electron chi connectivity index (χ3n) is 3.71. The van der Waals surface area contributed by atoms with Gasteiger partial charge in [0.25, 0.3) is 5.91 Å². The molecule has 1 atom stereocenters. The van der Waals surface area contributed by atoms with Crippen molar-refractivity contribution >= 4 is 5.91 Å². The van der Waals surface area contributed by atoms with E-state index in [-0.39, 0.29) is 18.6 Å². The summed E-state index contributed by atoms with van der Waals surface area (Å²) >= 11 is 0. The number of nitrogens with zero attached hydrogens (tertiary/aromatic N) is 2. The lowest BCUT2D eigenvalue weighted by atomic mass is 10.0. The molecule has 1 aromatic carbocycles. The van der Waals surface area contributed by atoms with Crippen molar-refractivity contribution in [1.29, 1.82) is 0 Å². The summed E-state index contributed by atoms with van der Waals surface area (Å²) in [4.78, 5) is 12.6. The highest BCUT2D eigenvalue weighted by Gasteiger charge is 2.19. The molecule has 0 aliphatic rings. The van der Waals surface area contributed by atoms with Crippen molar-refractivity contribution in [3.8, 4) is 0 Å². The van der Waals surface area contributed by atoms with E-state index < -0.39 is 0 Å². The van der Waals surface area contributed by atoms with Crippen LogP contribution in [0, 0.1) is 5.92 Å². The normalized spacial score (nSPS) is 12.4. The molecule has 0 saturated carbocycles. The van der Waals surface area contributed by atoms with Crippen LogP contribution in [0.3, 0.4) is 0 Å². The van der Waals surface area contributed by atoms with Crippen LogP contribution in [-0.2, 0) is 13.5 Å². The van der Waals surface area contributed by atoms with Gasteiger partial charge in [0.15, 0.2) is 0 Å². The van der Waals surface area contributed by atoms with Crippen molar-refractivity contribution in [2.45, 2.75) is 32.7 Å². The Kier molecular flexibility index (Phi) is 5.93. The number of aliphatic hydroxyl groups is 1. The Balaban J connectivity index is 2.14. The summed E-state index contributed by atoms with van der Waals surface area (Å²) in [5.41, 5.74) is 2.45. The summed E-state index contributed by atoms with van der Waals surface area (Å²) in [5, 5.41) is 16.7. The van der Waals surface area contributed by atoms with Gasteiger partial charge in [-0.3, -0.25) is 9.48 Å². The van der Waals surface area contributed by atoms with Crippen molar-refractivity contribution in [3.05, 3.63) is 53.3 Å². The molecule has 0 unspecified atom stereocenters. The summed E-state index contributed by atoms with van der Waals surface area (Å²) < 4.78 is 1.62. The van der Waals surface area contributed by atoms with Gasteiger partial charge in [0, 0.05) is 13.7 Å². The van der Waals surface area contributed by atoms with Gasteiger partial charge in [-0.25, -0.2) is 0 Å². The van der Waals surface area contributed by atoms with Crippen LogP contribution in [0.4, 0.5) is 0 Å². The van der Waals surface area contributed by atoms with E-state index in [2.05, 4.69) is 24.3 Å². The molecule has 2 aromatic rings. The lowest BCUT2D eigenvalue weighted by Crippen LogP contribution is -2.30. The first-order chi connectivity index (χ1) is 11.0. The number of aromatic nitrogens is 2. The molecule has 2 N–H and O–H groups in total. The second-order valence-electron chi connectivity index (χ2n) is 6.19. The van der Waals surface area contributed by atoms with Crippen LogP contribution < -0.4 is 5.32 Å². The molecular weight excluding hydrogens is 290 g/mol. The second-order valence-corrected chi connectivity index (χ2v) is 6.19. The first-order valence-corrected chi connectivity index (χ1v) is 8.00. The Morgan fingerprint density at radius 2 is 2.00 bits per heavy atom. The van der Waals surface area contributed by atoms with E-state index in [1.54, 1.807) is 11.7 Å². The van der Waals surface area contributed by atoms with Crippen LogP contribution in [0.2, 0.25) is 0 Å². The van der Waals surface area contributed by atoms with Crippen molar-refractivity contribution in [2.75, 3.05) is 6.61 Å². The van der Waals surface area contributed by atoms with Crippen molar-refractivity contribution in [1.82, 2.24) is 15.1 Å². The fraction of sp³-hybridized carbons (Fsp3) is 0.444. The maximum Gasteiger partial charge on any atom is 0.270 e. The number of carbonyl (C=O) groups excluding carboxylic acids is 1. The molecule has 5 nitrogen and oxygen atoms in total. The highest BCUT2D eigenvalue weighted by Crippen LogP contribution is 2.17. The Hall–Kier alpha value is -2.14. The molecule has 23 heavy (non-hydrogen) atoms. The molecule has 1 heterocycles. The van der Waals surface area contributed by atoms with Gasteiger partial charge in [0.2, 0.25) is 0 Å². The molecule has 0 spiro atoms. The zero-order valence-electron chi connectivity index (χ0n) is 14.0. The fourth-order valence-electron chi connectivity index (χ4n) is 2.63. The van der Waals surface area contributed by atoms with Crippen molar-refractivity contribution in [3.63, 3.8) is 0 Å². The summed E-state index contributed by atoms with van der Waals surface area (Å²) in [6.45, 7) is 4.27. The Morgan fingerprint density at radius 1 is 1.30 bits per heavy atom. The number of hydrogen-bond donors (Lipinski definition) is 2. The van der Waals surface area contributed by atoms with E-state index in [9.17, 15) is 9.90 Å². The van der Waals surface area contributed by atoms with E-state index in [0.29, 0.717) is 18.0 Å². The zero-order valence-corrected chi connectivity index (χ0v) is 14.0. The zero-order chi connectivity index (χ0) is 16.8. The number of aliphatic hydroxyl groups excluding tert-OH is 1. The summed E-state index contributed by atoms with van der Waals surface area (Å²) in [7, 11) is 1.78. The summed E-state index contributed by atoms with van der Waals surface area (Å²) in [6, 6.07) is 11.3. The second kappa shape index (κ2) is 7.92. The monoisotopic (exact) mass is 315 g/mol. The van der Waals surface area contributed by atoms with Crippen LogP contribution in [0.1, 0.15) is 48.1 Å². The minimum atomic E-state index is -0.211. The quantitative estimate of drug-likeness (QED) is 0.825. The SMILES string of the molecule is CC(C)Cc1cc(C(=O)N[C@@H](CCO)c2ccccc2)n(C)n1. The van der Waals surface area contributed by atoms with Gasteiger partial charge >= 0.3 is 0 Å². The lowest BCUT2D eigenvalue weighted by molar-refractivity contribution is 0.0920. The molecule has 2 rings (SSSR count). The number of hydrogen-bond acceptors (Lipinski definition) is 3. The first-order valence-electron chi connectivity index (χ1n) is 8.00. The first kappa shape index (κ1) is 17.2. The maximum atomic E-state index is 12.6. The van der Waals surface area contributed by atoms with Crippen molar-refractivity contribution in [2.24, 2.45) is 13.0 Å². The third kappa shape index (κ3) is 4.66. The molecule has 1 aromatic heterocycles. The van der Waals surface area contributed by atoms with Crippen LogP contribution in [0.25, 0.3) is 0 Å². The molecular formula is C18H25N3O2. The number of aryl methyl sites for hydroxylation is 1. The molecule has 1 amide bonds. The minimum absolute atomic E-state index is 0.0177. The highest BCUT2D eigenvalue weighted by molar-refractivity contribution is 5.92. The van der Waals surface area contributed by atoms with E-state index in [1.165, 1.54) is 0 Å². The van der Waals surface area contributed by atoms with Gasteiger partial charge in [-0.2, -0.15) is 5.10 Å². The Morgan fingerprint density at radius 3 is 2.61 bits per heavy atom. The molecule has 0 radical (unpaired) electrons. The molecule has 5 heteroatoms. The van der Waals surface area contributed by atoms with Gasteiger partial charge in [-0.1, -0.05) is 44.2 Å². The molecule has 124 valence electrons. The molecule has 0 aliphatic carbocycles. The smallest absolute Gasteiger partial charge is 0.270 e. The number of amides is 1. The largest absolute Gasteiger partial charge is 0.396 e. The van der Waals surface area contributed by atoms with Gasteiger partial charge in [0.05, 0.1) is 11.7 Å². The molecule has 0 fully saturated rings. The van der Waals surface area contributed by atoms with Gasteiger partial charge in [-0.05, 0) is 30.4 Å². The number of rotatable bonds is 7. The Labute approximate surface area is 137 Å². The predicted octanol–water partition coefficient (Wildman–Crippen LogP) is 2.47. The lowest BCUT2D eigenvalue weighted by Gasteiger charge is -2.18. The highest BCUT2D eigenvalue weighted by atomic mass is 16.3. The Bertz CT molecular complexity index is 635. The predicted molar refractivity (Wildman–Crippen MR) is 90.1 cm³/mol. The van der Waals surface area contributed by atoms with Gasteiger partial charge in [0.1, 0.15) is 5.69 Å². The van der Waals surface area contributed by atoms with Gasteiger partial charge < -0.3 is 10.4 Å². The molecule has 0 bridgehead atoms. The van der Waals surface area contributed by atoms with E-state index >= 15 is 0 Å². The minimum Gasteiger partial charge on any atom is -0.396 e. The van der Waals surface area contributed by atoms with Crippen LogP contribution in [0.5, 0.6) is 0 Å². The number of carbonyl (C=O) groups is 1. The van der Waals surface area contributed by atoms with Crippen LogP contribution in [-0.4, -0.2) is 27.4 Å². The molecule has 0 saturated heterocycles. The maximum absolute atomic E-state index is 12.6.